The molecule has 0 bridgehead atoms. The highest BCUT2D eigenvalue weighted by Crippen LogP contribution is 2.33. The van der Waals surface area contributed by atoms with Gasteiger partial charge in [0, 0.05) is 5.39 Å². The van der Waals surface area contributed by atoms with E-state index in [0.29, 0.717) is 15.9 Å². The van der Waals surface area contributed by atoms with Gasteiger partial charge in [-0.15, -0.1) is 11.3 Å². The summed E-state index contributed by atoms with van der Waals surface area (Å²) in [6.07, 6.45) is 3.44. The van der Waals surface area contributed by atoms with Crippen LogP contribution in [0.25, 0.3) is 10.1 Å². The van der Waals surface area contributed by atoms with Crippen LogP contribution in [-0.2, 0) is 6.54 Å². The zero-order chi connectivity index (χ0) is 12.5. The molecule has 2 heterocycles. The van der Waals surface area contributed by atoms with Crippen molar-refractivity contribution >= 4 is 61.8 Å². The van der Waals surface area contributed by atoms with Gasteiger partial charge in [0.25, 0.3) is 0 Å². The summed E-state index contributed by atoms with van der Waals surface area (Å²) in [4.78, 5) is 4.18. The third kappa shape index (κ3) is 2.31. The standard InChI is InChI=1S/C11H7Cl2N3S2/c12-9-4-15-10(17-9)5-14-7-1-2-8-6(11(7)13)3-16-18-8/h1-4,14H,5H2. The van der Waals surface area contributed by atoms with Gasteiger partial charge in [-0.25, -0.2) is 4.98 Å². The zero-order valence-electron chi connectivity index (χ0n) is 8.98. The molecule has 0 saturated heterocycles. The van der Waals surface area contributed by atoms with E-state index in [2.05, 4.69) is 14.7 Å². The van der Waals surface area contributed by atoms with Crippen LogP contribution in [0.3, 0.4) is 0 Å². The molecular formula is C11H7Cl2N3S2. The first-order valence-corrected chi connectivity index (χ1v) is 7.45. The largest absolute Gasteiger partial charge is 0.377 e. The molecule has 0 saturated carbocycles. The predicted molar refractivity (Wildman–Crippen MR) is 79.1 cm³/mol. The summed E-state index contributed by atoms with van der Waals surface area (Å²) in [6, 6.07) is 3.97. The van der Waals surface area contributed by atoms with Crippen LogP contribution < -0.4 is 5.32 Å². The summed E-state index contributed by atoms with van der Waals surface area (Å²) in [5, 5.41) is 5.86. The molecule has 0 aliphatic heterocycles. The van der Waals surface area contributed by atoms with Gasteiger partial charge in [0.15, 0.2) is 0 Å². The molecule has 18 heavy (non-hydrogen) atoms. The molecule has 3 rings (SSSR count). The number of halogens is 2. The number of nitrogens with zero attached hydrogens (tertiary/aromatic N) is 2. The van der Waals surface area contributed by atoms with E-state index in [9.17, 15) is 0 Å². The number of aromatic nitrogens is 2. The van der Waals surface area contributed by atoms with Crippen LogP contribution in [0, 0.1) is 0 Å². The molecule has 0 unspecified atom stereocenters. The molecule has 2 aromatic heterocycles. The lowest BCUT2D eigenvalue weighted by Crippen LogP contribution is -1.99. The second-order valence-corrected chi connectivity index (χ2v) is 6.53. The molecular weight excluding hydrogens is 309 g/mol. The Labute approximate surface area is 122 Å². The Balaban J connectivity index is 1.84. The smallest absolute Gasteiger partial charge is 0.113 e. The van der Waals surface area contributed by atoms with Gasteiger partial charge in [-0.1, -0.05) is 23.2 Å². The number of benzene rings is 1. The Morgan fingerprint density at radius 3 is 2.89 bits per heavy atom. The summed E-state index contributed by atoms with van der Waals surface area (Å²) in [5.41, 5.74) is 0.885. The van der Waals surface area contributed by atoms with Crippen molar-refractivity contribution in [2.24, 2.45) is 0 Å². The first-order chi connectivity index (χ1) is 8.74. The SMILES string of the molecule is Clc1cnc(CNc2ccc3sncc3c2Cl)s1. The first-order valence-electron chi connectivity index (χ1n) is 5.11. The van der Waals surface area contributed by atoms with Gasteiger partial charge in [0.05, 0.1) is 34.3 Å². The molecule has 7 heteroatoms. The fourth-order valence-corrected chi connectivity index (χ4v) is 3.47. The molecule has 1 aromatic carbocycles. The first kappa shape index (κ1) is 12.2. The van der Waals surface area contributed by atoms with Gasteiger partial charge in [0.1, 0.15) is 9.34 Å². The van der Waals surface area contributed by atoms with Crippen LogP contribution >= 0.6 is 46.1 Å². The van der Waals surface area contributed by atoms with Crippen molar-refractivity contribution in [3.63, 3.8) is 0 Å². The van der Waals surface area contributed by atoms with Crippen molar-refractivity contribution < 1.29 is 0 Å². The molecule has 3 nitrogen and oxygen atoms in total. The van der Waals surface area contributed by atoms with Gasteiger partial charge < -0.3 is 5.32 Å². The third-order valence-corrected chi connectivity index (χ3v) is 4.71. The van der Waals surface area contributed by atoms with Crippen molar-refractivity contribution in [2.75, 3.05) is 5.32 Å². The molecule has 0 aliphatic rings. The molecule has 3 aromatic rings. The number of anilines is 1. The van der Waals surface area contributed by atoms with Gasteiger partial charge >= 0.3 is 0 Å². The Morgan fingerprint density at radius 2 is 2.11 bits per heavy atom. The monoisotopic (exact) mass is 315 g/mol. The van der Waals surface area contributed by atoms with Crippen molar-refractivity contribution in [3.8, 4) is 0 Å². The van der Waals surface area contributed by atoms with Crippen LogP contribution in [-0.4, -0.2) is 9.36 Å². The van der Waals surface area contributed by atoms with Crippen molar-refractivity contribution in [1.82, 2.24) is 9.36 Å². The second kappa shape index (κ2) is 5.01. The van der Waals surface area contributed by atoms with Crippen LogP contribution in [0.4, 0.5) is 5.69 Å². The van der Waals surface area contributed by atoms with E-state index >= 15 is 0 Å². The van der Waals surface area contributed by atoms with Crippen LogP contribution in [0.5, 0.6) is 0 Å². The van der Waals surface area contributed by atoms with Crippen molar-refractivity contribution in [3.05, 3.63) is 38.9 Å². The minimum Gasteiger partial charge on any atom is -0.377 e. The molecule has 92 valence electrons. The summed E-state index contributed by atoms with van der Waals surface area (Å²) < 4.78 is 5.90. The molecule has 0 spiro atoms. The minimum atomic E-state index is 0.611. The maximum absolute atomic E-state index is 6.32. The number of thiazole rings is 1. The molecule has 0 amide bonds. The molecule has 1 N–H and O–H groups in total. The van der Waals surface area contributed by atoms with Crippen molar-refractivity contribution in [1.29, 1.82) is 0 Å². The van der Waals surface area contributed by atoms with Crippen molar-refractivity contribution in [2.45, 2.75) is 6.54 Å². The predicted octanol–water partition coefficient (Wildman–Crippen LogP) is 4.67. The number of fused-ring (bicyclic) bond motifs is 1. The Morgan fingerprint density at radius 1 is 1.22 bits per heavy atom. The van der Waals surface area contributed by atoms with Gasteiger partial charge in [-0.2, -0.15) is 4.37 Å². The van der Waals surface area contributed by atoms with Gasteiger partial charge in [-0.05, 0) is 23.7 Å². The normalized spacial score (nSPS) is 11.0. The lowest BCUT2D eigenvalue weighted by Gasteiger charge is -2.06. The summed E-state index contributed by atoms with van der Waals surface area (Å²) in [7, 11) is 0. The lowest BCUT2D eigenvalue weighted by molar-refractivity contribution is 1.10. The average molecular weight is 316 g/mol. The number of hydrogen-bond acceptors (Lipinski definition) is 5. The van der Waals surface area contributed by atoms with E-state index in [1.54, 1.807) is 12.4 Å². The topological polar surface area (TPSA) is 37.8 Å². The van der Waals surface area contributed by atoms with E-state index in [0.717, 1.165) is 20.8 Å². The summed E-state index contributed by atoms with van der Waals surface area (Å²) >= 11 is 15.0. The molecule has 0 atom stereocenters. The van der Waals surface area contributed by atoms with E-state index < -0.39 is 0 Å². The maximum atomic E-state index is 6.32. The minimum absolute atomic E-state index is 0.611. The highest BCUT2D eigenvalue weighted by Gasteiger charge is 2.08. The fourth-order valence-electron chi connectivity index (χ4n) is 1.59. The fraction of sp³-hybridized carbons (Fsp3) is 0.0909. The number of rotatable bonds is 3. The number of nitrogens with one attached hydrogen (secondary N) is 1. The Hall–Kier alpha value is -0.880. The maximum Gasteiger partial charge on any atom is 0.113 e. The second-order valence-electron chi connectivity index (χ2n) is 3.58. The third-order valence-electron chi connectivity index (χ3n) is 2.43. The zero-order valence-corrected chi connectivity index (χ0v) is 12.1. The Kier molecular flexibility index (Phi) is 3.39. The van der Waals surface area contributed by atoms with E-state index in [4.69, 9.17) is 23.2 Å². The number of hydrogen-bond donors (Lipinski definition) is 1. The van der Waals surface area contributed by atoms with Crippen LogP contribution in [0.15, 0.2) is 24.5 Å². The average Bonchev–Trinajstić information content (AvgIpc) is 2.97. The van der Waals surface area contributed by atoms with E-state index in [-0.39, 0.29) is 0 Å². The van der Waals surface area contributed by atoms with Gasteiger partial charge in [0.2, 0.25) is 0 Å². The van der Waals surface area contributed by atoms with E-state index in [1.165, 1.54) is 22.9 Å². The lowest BCUT2D eigenvalue weighted by atomic mass is 10.2. The molecule has 0 radical (unpaired) electrons. The summed E-state index contributed by atoms with van der Waals surface area (Å²) in [6.45, 7) is 0.611. The quantitative estimate of drug-likeness (QED) is 0.763. The summed E-state index contributed by atoms with van der Waals surface area (Å²) in [5.74, 6) is 0. The Bertz CT molecular complexity index is 692. The molecule has 0 aliphatic carbocycles. The highest BCUT2D eigenvalue weighted by molar-refractivity contribution is 7.15. The highest BCUT2D eigenvalue weighted by atomic mass is 35.5. The molecule has 0 fully saturated rings. The van der Waals surface area contributed by atoms with Crippen LogP contribution in [0.1, 0.15) is 5.01 Å². The van der Waals surface area contributed by atoms with Crippen LogP contribution in [0.2, 0.25) is 9.36 Å². The van der Waals surface area contributed by atoms with E-state index in [1.807, 2.05) is 12.1 Å². The van der Waals surface area contributed by atoms with Gasteiger partial charge in [-0.3, -0.25) is 0 Å².